The first-order chi connectivity index (χ1) is 8.60. The van der Waals surface area contributed by atoms with Gasteiger partial charge in [-0.1, -0.05) is 17.7 Å². The second-order valence-electron chi connectivity index (χ2n) is 3.98. The molecule has 0 bridgehead atoms. The summed E-state index contributed by atoms with van der Waals surface area (Å²) in [7, 11) is 1.92. The minimum absolute atomic E-state index is 0.171. The average Bonchev–Trinajstić information content (AvgIpc) is 2.77. The molecule has 0 saturated heterocycles. The van der Waals surface area contributed by atoms with Crippen LogP contribution in [0.3, 0.4) is 0 Å². The SMILES string of the molecule is CNC(Cc1ccc(Cl)c(F)c1)c1csc(I)c1. The van der Waals surface area contributed by atoms with Gasteiger partial charge in [-0.2, -0.15) is 0 Å². The van der Waals surface area contributed by atoms with E-state index in [2.05, 4.69) is 39.4 Å². The second kappa shape index (κ2) is 6.32. The highest BCUT2D eigenvalue weighted by Crippen LogP contribution is 2.26. The van der Waals surface area contributed by atoms with Crippen LogP contribution in [-0.4, -0.2) is 7.05 Å². The van der Waals surface area contributed by atoms with Gasteiger partial charge in [0, 0.05) is 6.04 Å². The van der Waals surface area contributed by atoms with Crippen LogP contribution in [0.25, 0.3) is 0 Å². The molecule has 96 valence electrons. The van der Waals surface area contributed by atoms with Crippen LogP contribution < -0.4 is 5.32 Å². The molecule has 18 heavy (non-hydrogen) atoms. The molecule has 1 N–H and O–H groups in total. The number of hydrogen-bond acceptors (Lipinski definition) is 2. The quantitative estimate of drug-likeness (QED) is 0.743. The van der Waals surface area contributed by atoms with Crippen LogP contribution in [0, 0.1) is 8.70 Å². The molecule has 0 aliphatic heterocycles. The van der Waals surface area contributed by atoms with E-state index in [9.17, 15) is 4.39 Å². The Bertz CT molecular complexity index is 544. The fourth-order valence-electron chi connectivity index (χ4n) is 1.80. The summed E-state index contributed by atoms with van der Waals surface area (Å²) in [5.41, 5.74) is 2.18. The van der Waals surface area contributed by atoms with Gasteiger partial charge < -0.3 is 5.32 Å². The first-order valence-electron chi connectivity index (χ1n) is 5.45. The predicted molar refractivity (Wildman–Crippen MR) is 84.0 cm³/mol. The van der Waals surface area contributed by atoms with Gasteiger partial charge in [0.15, 0.2) is 0 Å². The van der Waals surface area contributed by atoms with E-state index in [1.807, 2.05) is 13.1 Å². The van der Waals surface area contributed by atoms with E-state index in [4.69, 9.17) is 11.6 Å². The topological polar surface area (TPSA) is 12.0 Å². The van der Waals surface area contributed by atoms with Gasteiger partial charge in [-0.25, -0.2) is 4.39 Å². The predicted octanol–water partition coefficient (Wildman–Crippen LogP) is 4.65. The molecule has 2 rings (SSSR count). The molecule has 0 radical (unpaired) electrons. The van der Waals surface area contributed by atoms with Crippen LogP contribution in [0.15, 0.2) is 29.6 Å². The molecule has 0 aliphatic rings. The Kier molecular flexibility index (Phi) is 5.00. The second-order valence-corrected chi connectivity index (χ2v) is 7.19. The first kappa shape index (κ1) is 14.2. The molecule has 0 amide bonds. The van der Waals surface area contributed by atoms with Crippen LogP contribution in [0.5, 0.6) is 0 Å². The molecule has 1 aromatic heterocycles. The maximum atomic E-state index is 13.4. The maximum Gasteiger partial charge on any atom is 0.142 e. The summed E-state index contributed by atoms with van der Waals surface area (Å²) in [5, 5.41) is 5.57. The molecule has 2 aromatic rings. The fourth-order valence-corrected chi connectivity index (χ4v) is 3.34. The molecule has 5 heteroatoms. The highest BCUT2D eigenvalue weighted by Gasteiger charge is 2.12. The molecular formula is C13H12ClFINS. The lowest BCUT2D eigenvalue weighted by Gasteiger charge is -2.15. The van der Waals surface area contributed by atoms with Crippen molar-refractivity contribution in [3.63, 3.8) is 0 Å². The minimum Gasteiger partial charge on any atom is -0.313 e. The van der Waals surface area contributed by atoms with Crippen molar-refractivity contribution in [3.8, 4) is 0 Å². The molecule has 1 heterocycles. The lowest BCUT2D eigenvalue weighted by Crippen LogP contribution is -2.18. The molecular weight excluding hydrogens is 384 g/mol. The van der Waals surface area contributed by atoms with Gasteiger partial charge in [0.05, 0.1) is 7.91 Å². The largest absolute Gasteiger partial charge is 0.313 e. The summed E-state index contributed by atoms with van der Waals surface area (Å²) in [6.45, 7) is 0. The van der Waals surface area contributed by atoms with Gasteiger partial charge in [-0.15, -0.1) is 11.3 Å². The highest BCUT2D eigenvalue weighted by molar-refractivity contribution is 14.1. The van der Waals surface area contributed by atoms with Crippen molar-refractivity contribution in [2.45, 2.75) is 12.5 Å². The number of rotatable bonds is 4. The smallest absolute Gasteiger partial charge is 0.142 e. The standard InChI is InChI=1S/C13H12ClFINS/c1-17-12(9-6-13(16)18-7-9)5-8-2-3-10(14)11(15)4-8/h2-4,6-7,12,17H,5H2,1H3. The first-order valence-corrected chi connectivity index (χ1v) is 7.79. The van der Waals surface area contributed by atoms with E-state index in [-0.39, 0.29) is 16.9 Å². The van der Waals surface area contributed by atoms with E-state index in [1.54, 1.807) is 17.4 Å². The van der Waals surface area contributed by atoms with Crippen molar-refractivity contribution in [1.29, 1.82) is 0 Å². The summed E-state index contributed by atoms with van der Waals surface area (Å²) in [4.78, 5) is 0. The van der Waals surface area contributed by atoms with Crippen molar-refractivity contribution in [1.82, 2.24) is 5.32 Å². The Balaban J connectivity index is 2.17. The Morgan fingerprint density at radius 3 is 2.78 bits per heavy atom. The van der Waals surface area contributed by atoms with E-state index in [1.165, 1.54) is 14.5 Å². The monoisotopic (exact) mass is 395 g/mol. The third kappa shape index (κ3) is 3.44. The van der Waals surface area contributed by atoms with Crippen molar-refractivity contribution in [3.05, 3.63) is 54.5 Å². The van der Waals surface area contributed by atoms with Gasteiger partial charge >= 0.3 is 0 Å². The van der Waals surface area contributed by atoms with Crippen molar-refractivity contribution in [2.75, 3.05) is 7.05 Å². The normalized spacial score (nSPS) is 12.7. The van der Waals surface area contributed by atoms with Gasteiger partial charge in [0.1, 0.15) is 5.82 Å². The summed E-state index contributed by atoms with van der Waals surface area (Å²) in [6.07, 6.45) is 0.747. The molecule has 0 aliphatic carbocycles. The Labute approximate surface area is 129 Å². The summed E-state index contributed by atoms with van der Waals surface area (Å²) in [5.74, 6) is -0.357. The maximum absolute atomic E-state index is 13.4. The van der Waals surface area contributed by atoms with Crippen molar-refractivity contribution in [2.24, 2.45) is 0 Å². The van der Waals surface area contributed by atoms with Crippen molar-refractivity contribution < 1.29 is 4.39 Å². The molecule has 0 fully saturated rings. The van der Waals surface area contributed by atoms with Crippen LogP contribution in [-0.2, 0) is 6.42 Å². The Morgan fingerprint density at radius 1 is 1.44 bits per heavy atom. The number of hydrogen-bond donors (Lipinski definition) is 1. The third-order valence-corrected chi connectivity index (χ3v) is 4.88. The molecule has 1 atom stereocenters. The fraction of sp³-hybridized carbons (Fsp3) is 0.231. The van der Waals surface area contributed by atoms with Gasteiger partial charge in [0.2, 0.25) is 0 Å². The van der Waals surface area contributed by atoms with E-state index in [0.717, 1.165) is 12.0 Å². The minimum atomic E-state index is -0.357. The zero-order valence-electron chi connectivity index (χ0n) is 9.71. The number of thiophene rings is 1. The average molecular weight is 396 g/mol. The van der Waals surface area contributed by atoms with Crippen LogP contribution in [0.4, 0.5) is 4.39 Å². The third-order valence-electron chi connectivity index (χ3n) is 2.76. The molecule has 0 spiro atoms. The van der Waals surface area contributed by atoms with Gasteiger partial charge in [0.25, 0.3) is 0 Å². The molecule has 0 saturated carbocycles. The van der Waals surface area contributed by atoms with Crippen molar-refractivity contribution >= 4 is 45.5 Å². The lowest BCUT2D eigenvalue weighted by molar-refractivity contribution is 0.585. The van der Waals surface area contributed by atoms with Gasteiger partial charge in [-0.3, -0.25) is 0 Å². The zero-order chi connectivity index (χ0) is 13.1. The highest BCUT2D eigenvalue weighted by atomic mass is 127. The van der Waals surface area contributed by atoms with E-state index < -0.39 is 0 Å². The van der Waals surface area contributed by atoms with E-state index >= 15 is 0 Å². The summed E-state index contributed by atoms with van der Waals surface area (Å²) < 4.78 is 14.6. The Hall–Kier alpha value is -0.170. The molecule has 1 nitrogen and oxygen atoms in total. The van der Waals surface area contributed by atoms with Gasteiger partial charge in [-0.05, 0) is 70.8 Å². The van der Waals surface area contributed by atoms with E-state index in [0.29, 0.717) is 0 Å². The summed E-state index contributed by atoms with van der Waals surface area (Å²) in [6, 6.07) is 7.33. The van der Waals surface area contributed by atoms with Crippen LogP contribution in [0.1, 0.15) is 17.2 Å². The lowest BCUT2D eigenvalue weighted by atomic mass is 10.0. The summed E-state index contributed by atoms with van der Waals surface area (Å²) >= 11 is 9.70. The van der Waals surface area contributed by atoms with Crippen LogP contribution in [0.2, 0.25) is 5.02 Å². The number of benzene rings is 1. The number of halogens is 3. The van der Waals surface area contributed by atoms with Crippen LogP contribution >= 0.6 is 45.5 Å². The zero-order valence-corrected chi connectivity index (χ0v) is 13.4. The number of likely N-dealkylation sites (N-methyl/N-ethyl adjacent to an activating group) is 1. The molecule has 1 aromatic carbocycles. The Morgan fingerprint density at radius 2 is 2.22 bits per heavy atom. The molecule has 1 unspecified atom stereocenters. The number of nitrogens with one attached hydrogen (secondary N) is 1.